The summed E-state index contributed by atoms with van der Waals surface area (Å²) < 4.78 is 14.7. The van der Waals surface area contributed by atoms with E-state index in [0.29, 0.717) is 33.9 Å². The molecule has 1 aromatic carbocycles. The van der Waals surface area contributed by atoms with Crippen LogP contribution >= 0.6 is 0 Å². The summed E-state index contributed by atoms with van der Waals surface area (Å²) >= 11 is 0. The Balaban J connectivity index is 1.69. The van der Waals surface area contributed by atoms with Crippen LogP contribution in [0, 0.1) is 34.9 Å². The minimum absolute atomic E-state index is 0.242. The summed E-state index contributed by atoms with van der Waals surface area (Å²) in [6, 6.07) is 5.92. The van der Waals surface area contributed by atoms with Gasteiger partial charge in [-0.3, -0.25) is 4.98 Å². The molecule has 4 rings (SSSR count). The number of halogens is 1. The number of hydrogen-bond donors (Lipinski definition) is 2. The fourth-order valence-corrected chi connectivity index (χ4v) is 2.91. The number of fused-ring (bicyclic) bond motifs is 1. The van der Waals surface area contributed by atoms with Crippen molar-refractivity contribution in [3.8, 4) is 17.9 Å². The molecule has 2 aromatic rings. The van der Waals surface area contributed by atoms with Gasteiger partial charge in [-0.15, -0.1) is 0 Å². The number of nitriles is 1. The first-order valence-corrected chi connectivity index (χ1v) is 8.38. The molecule has 6 heteroatoms. The van der Waals surface area contributed by atoms with Gasteiger partial charge < -0.3 is 10.6 Å². The third-order valence-corrected chi connectivity index (χ3v) is 4.48. The predicted molar refractivity (Wildman–Crippen MR) is 93.6 cm³/mol. The number of aromatic nitrogens is 1. The van der Waals surface area contributed by atoms with Crippen LogP contribution in [0.1, 0.15) is 41.1 Å². The summed E-state index contributed by atoms with van der Waals surface area (Å²) in [5.74, 6) is 6.17. The Hall–Kier alpha value is -3.38. The van der Waals surface area contributed by atoms with Crippen molar-refractivity contribution in [1.29, 1.82) is 5.26 Å². The van der Waals surface area contributed by atoms with Crippen molar-refractivity contribution in [2.75, 3.05) is 5.32 Å². The second-order valence-electron chi connectivity index (χ2n) is 6.45. The maximum Gasteiger partial charge on any atom is 0.320 e. The van der Waals surface area contributed by atoms with Gasteiger partial charge in [0.05, 0.1) is 5.56 Å². The molecule has 0 bridgehead atoms. The van der Waals surface area contributed by atoms with Crippen LogP contribution in [0.3, 0.4) is 0 Å². The molecule has 1 fully saturated rings. The first-order chi connectivity index (χ1) is 12.6. The van der Waals surface area contributed by atoms with Crippen LogP contribution in [0.25, 0.3) is 0 Å². The van der Waals surface area contributed by atoms with Gasteiger partial charge in [0.25, 0.3) is 0 Å². The molecule has 1 atom stereocenters. The molecule has 1 aromatic heterocycles. The molecular weight excluding hydrogens is 331 g/mol. The van der Waals surface area contributed by atoms with Gasteiger partial charge in [0.15, 0.2) is 0 Å². The van der Waals surface area contributed by atoms with Crippen molar-refractivity contribution in [2.24, 2.45) is 5.92 Å². The number of amides is 2. The lowest BCUT2D eigenvalue weighted by Crippen LogP contribution is -2.37. The van der Waals surface area contributed by atoms with Crippen molar-refractivity contribution in [2.45, 2.75) is 25.3 Å². The Bertz CT molecular complexity index is 995. The number of nitrogens with one attached hydrogen (secondary N) is 2. The summed E-state index contributed by atoms with van der Waals surface area (Å²) in [7, 11) is 0. The maximum atomic E-state index is 14.7. The van der Waals surface area contributed by atoms with Crippen molar-refractivity contribution in [1.82, 2.24) is 10.3 Å². The fourth-order valence-electron chi connectivity index (χ4n) is 2.91. The lowest BCUT2D eigenvalue weighted by atomic mass is 9.96. The van der Waals surface area contributed by atoms with E-state index in [2.05, 4.69) is 33.5 Å². The van der Waals surface area contributed by atoms with Gasteiger partial charge >= 0.3 is 6.03 Å². The topological polar surface area (TPSA) is 77.8 Å². The van der Waals surface area contributed by atoms with Crippen LogP contribution in [-0.2, 0) is 6.42 Å². The van der Waals surface area contributed by atoms with Crippen LogP contribution in [0.15, 0.2) is 30.6 Å². The summed E-state index contributed by atoms with van der Waals surface area (Å²) in [4.78, 5) is 15.8. The van der Waals surface area contributed by atoms with E-state index >= 15 is 0 Å². The standard InChI is InChI=1S/C20H15FN4O/c21-17-9-16-18(4-3-12-1-2-12)24-20(26)25-19(16)8-14(17)7-13-5-6-23-11-15(13)10-22/h5-6,8-9,11-12,18H,1-2,7H2,(H2,24,25,26)/t18-/m0/s1. The third-order valence-electron chi connectivity index (χ3n) is 4.48. The lowest BCUT2D eigenvalue weighted by molar-refractivity contribution is 0.249. The summed E-state index contributed by atoms with van der Waals surface area (Å²) in [6.45, 7) is 0. The van der Waals surface area contributed by atoms with E-state index in [9.17, 15) is 14.4 Å². The molecule has 128 valence electrons. The minimum atomic E-state index is -0.515. The molecule has 5 nitrogen and oxygen atoms in total. The highest BCUT2D eigenvalue weighted by Gasteiger charge is 2.26. The van der Waals surface area contributed by atoms with Gasteiger partial charge in [0.2, 0.25) is 0 Å². The van der Waals surface area contributed by atoms with Gasteiger partial charge in [0, 0.05) is 36.0 Å². The highest BCUT2D eigenvalue weighted by atomic mass is 19.1. The first kappa shape index (κ1) is 16.1. The van der Waals surface area contributed by atoms with E-state index in [1.165, 1.54) is 12.3 Å². The second kappa shape index (κ2) is 6.50. The molecule has 1 aliphatic heterocycles. The molecule has 1 saturated carbocycles. The Kier molecular flexibility index (Phi) is 4.02. The van der Waals surface area contributed by atoms with Crippen molar-refractivity contribution < 1.29 is 9.18 Å². The molecule has 0 radical (unpaired) electrons. The number of rotatable bonds is 2. The molecule has 2 aliphatic rings. The molecule has 2 heterocycles. The van der Waals surface area contributed by atoms with Gasteiger partial charge in [-0.1, -0.05) is 11.8 Å². The van der Waals surface area contributed by atoms with E-state index in [1.807, 2.05) is 0 Å². The van der Waals surface area contributed by atoms with E-state index in [4.69, 9.17) is 0 Å². The Morgan fingerprint density at radius 2 is 2.12 bits per heavy atom. The molecular formula is C20H15FN4O. The van der Waals surface area contributed by atoms with E-state index in [-0.39, 0.29) is 18.3 Å². The summed E-state index contributed by atoms with van der Waals surface area (Å²) in [5, 5.41) is 14.6. The lowest BCUT2D eigenvalue weighted by Gasteiger charge is -2.25. The fraction of sp³-hybridized carbons (Fsp3) is 0.250. The predicted octanol–water partition coefficient (Wildman–Crippen LogP) is 3.27. The summed E-state index contributed by atoms with van der Waals surface area (Å²) in [5.41, 5.74) is 2.67. The zero-order chi connectivity index (χ0) is 18.1. The number of carbonyl (C=O) groups is 1. The molecule has 26 heavy (non-hydrogen) atoms. The van der Waals surface area contributed by atoms with Crippen LogP contribution < -0.4 is 10.6 Å². The molecule has 0 unspecified atom stereocenters. The maximum absolute atomic E-state index is 14.7. The number of urea groups is 1. The average molecular weight is 346 g/mol. The van der Waals surface area contributed by atoms with Gasteiger partial charge in [0.1, 0.15) is 17.9 Å². The number of pyridine rings is 1. The van der Waals surface area contributed by atoms with Crippen molar-refractivity contribution >= 4 is 11.7 Å². The zero-order valence-corrected chi connectivity index (χ0v) is 13.8. The second-order valence-corrected chi connectivity index (χ2v) is 6.45. The Labute approximate surface area is 150 Å². The van der Waals surface area contributed by atoms with Gasteiger partial charge in [-0.2, -0.15) is 5.26 Å². The molecule has 2 N–H and O–H groups in total. The normalized spacial score (nSPS) is 17.8. The highest BCUT2D eigenvalue weighted by molar-refractivity contribution is 5.93. The number of nitrogens with zero attached hydrogens (tertiary/aromatic N) is 2. The SMILES string of the molecule is N#Cc1cnccc1Cc1cc2c(cc1F)[C@H](C#CC1CC1)NC(=O)N2. The third kappa shape index (κ3) is 3.22. The van der Waals surface area contributed by atoms with E-state index in [1.54, 1.807) is 18.3 Å². The zero-order valence-electron chi connectivity index (χ0n) is 13.8. The Morgan fingerprint density at radius 3 is 2.88 bits per heavy atom. The number of anilines is 1. The monoisotopic (exact) mass is 346 g/mol. The van der Waals surface area contributed by atoms with Crippen LogP contribution in [0.5, 0.6) is 0 Å². The number of carbonyl (C=O) groups excluding carboxylic acids is 1. The van der Waals surface area contributed by atoms with E-state index in [0.717, 1.165) is 12.8 Å². The van der Waals surface area contributed by atoms with Crippen LogP contribution in [0.4, 0.5) is 14.9 Å². The summed E-state index contributed by atoms with van der Waals surface area (Å²) in [6.07, 6.45) is 5.44. The largest absolute Gasteiger partial charge is 0.320 e. The number of hydrogen-bond acceptors (Lipinski definition) is 3. The molecule has 2 amide bonds. The molecule has 1 aliphatic carbocycles. The van der Waals surface area contributed by atoms with Crippen molar-refractivity contribution in [3.63, 3.8) is 0 Å². The van der Waals surface area contributed by atoms with E-state index < -0.39 is 6.04 Å². The van der Waals surface area contributed by atoms with Crippen molar-refractivity contribution in [3.05, 3.63) is 58.7 Å². The molecule has 0 spiro atoms. The number of benzene rings is 1. The van der Waals surface area contributed by atoms with Crippen LogP contribution in [0.2, 0.25) is 0 Å². The van der Waals surface area contributed by atoms with Gasteiger partial charge in [-0.05, 0) is 42.2 Å². The smallest absolute Gasteiger partial charge is 0.320 e. The minimum Gasteiger partial charge on any atom is -0.320 e. The highest BCUT2D eigenvalue weighted by Crippen LogP contribution is 2.32. The van der Waals surface area contributed by atoms with Crippen LogP contribution in [-0.4, -0.2) is 11.0 Å². The molecule has 0 saturated heterocycles. The van der Waals surface area contributed by atoms with Gasteiger partial charge in [-0.25, -0.2) is 9.18 Å². The average Bonchev–Trinajstić information content (AvgIpc) is 3.46. The Morgan fingerprint density at radius 1 is 1.27 bits per heavy atom. The first-order valence-electron chi connectivity index (χ1n) is 8.38. The quantitative estimate of drug-likeness (QED) is 0.819.